The third-order valence-electron chi connectivity index (χ3n) is 6.87. The van der Waals surface area contributed by atoms with Crippen molar-refractivity contribution in [3.05, 3.63) is 52.0 Å². The highest BCUT2D eigenvalue weighted by Gasteiger charge is 2.37. The van der Waals surface area contributed by atoms with E-state index < -0.39 is 0 Å². The summed E-state index contributed by atoms with van der Waals surface area (Å²) in [5.41, 5.74) is 5.97. The molecule has 29 heavy (non-hydrogen) atoms. The van der Waals surface area contributed by atoms with Crippen molar-refractivity contribution < 1.29 is 4.79 Å². The van der Waals surface area contributed by atoms with E-state index in [0.29, 0.717) is 12.0 Å². The lowest BCUT2D eigenvalue weighted by Crippen LogP contribution is -2.39. The molecule has 0 aromatic heterocycles. The summed E-state index contributed by atoms with van der Waals surface area (Å²) in [5.74, 6) is 0.690. The Balaban J connectivity index is 1.55. The first kappa shape index (κ1) is 20.6. The summed E-state index contributed by atoms with van der Waals surface area (Å²) in [6, 6.07) is 13.2. The molecule has 0 bridgehead atoms. The Morgan fingerprint density at radius 3 is 2.52 bits per heavy atom. The van der Waals surface area contributed by atoms with Crippen LogP contribution < -0.4 is 10.6 Å². The molecule has 3 nitrogen and oxygen atoms in total. The maximum atomic E-state index is 13.0. The highest BCUT2D eigenvalue weighted by molar-refractivity contribution is 9.10. The average molecular weight is 455 g/mol. The monoisotopic (exact) mass is 454 g/mol. The Morgan fingerprint density at radius 2 is 1.83 bits per heavy atom. The number of benzene rings is 2. The Hall–Kier alpha value is -1.65. The van der Waals surface area contributed by atoms with Crippen LogP contribution in [0.15, 0.2) is 40.9 Å². The first-order chi connectivity index (χ1) is 13.8. The molecule has 1 heterocycles. The van der Waals surface area contributed by atoms with Crippen LogP contribution in [-0.4, -0.2) is 18.0 Å². The van der Waals surface area contributed by atoms with Crippen molar-refractivity contribution in [2.24, 2.45) is 5.92 Å². The normalized spacial score (nSPS) is 24.2. The van der Waals surface area contributed by atoms with Crippen molar-refractivity contribution in [2.75, 3.05) is 5.32 Å². The predicted molar refractivity (Wildman–Crippen MR) is 124 cm³/mol. The number of anilines is 1. The molecule has 3 atom stereocenters. The lowest BCUT2D eigenvalue weighted by Gasteiger charge is -2.22. The highest BCUT2D eigenvalue weighted by Crippen LogP contribution is 2.50. The van der Waals surface area contributed by atoms with Gasteiger partial charge in [0.15, 0.2) is 0 Å². The molecular formula is C25H31BrN2O. The minimum Gasteiger partial charge on any atom is -0.325 e. The molecule has 154 valence electrons. The van der Waals surface area contributed by atoms with Gasteiger partial charge in [-0.2, -0.15) is 0 Å². The Kier molecular flexibility index (Phi) is 5.60. The fourth-order valence-electron chi connectivity index (χ4n) is 5.21. The summed E-state index contributed by atoms with van der Waals surface area (Å²) in [6.45, 7) is 8.96. The second kappa shape index (κ2) is 7.88. The van der Waals surface area contributed by atoms with Crippen LogP contribution in [0.4, 0.5) is 5.69 Å². The van der Waals surface area contributed by atoms with Crippen LogP contribution >= 0.6 is 15.9 Å². The molecule has 2 aliphatic rings. The second-order valence-electron chi connectivity index (χ2n) is 9.08. The first-order valence-corrected chi connectivity index (χ1v) is 11.7. The first-order valence-electron chi connectivity index (χ1n) is 10.9. The molecule has 1 aliphatic heterocycles. The molecular weight excluding hydrogens is 424 g/mol. The molecule has 2 aromatic rings. The Labute approximate surface area is 182 Å². The summed E-state index contributed by atoms with van der Waals surface area (Å²) < 4.78 is 1.10. The molecule has 1 saturated heterocycles. The smallest absolute Gasteiger partial charge is 0.241 e. The van der Waals surface area contributed by atoms with E-state index in [1.165, 1.54) is 22.3 Å². The molecule has 0 saturated carbocycles. The van der Waals surface area contributed by atoms with Crippen molar-refractivity contribution in [1.29, 1.82) is 0 Å². The van der Waals surface area contributed by atoms with Gasteiger partial charge in [-0.15, -0.1) is 0 Å². The predicted octanol–water partition coefficient (Wildman–Crippen LogP) is 6.25. The lowest BCUT2D eigenvalue weighted by molar-refractivity contribution is -0.117. The largest absolute Gasteiger partial charge is 0.325 e. The highest BCUT2D eigenvalue weighted by atomic mass is 79.9. The van der Waals surface area contributed by atoms with Crippen LogP contribution in [0.25, 0.3) is 11.1 Å². The second-order valence-corrected chi connectivity index (χ2v) is 10.00. The summed E-state index contributed by atoms with van der Waals surface area (Å²) >= 11 is 3.61. The minimum absolute atomic E-state index is 0.0830. The Morgan fingerprint density at radius 1 is 1.14 bits per heavy atom. The van der Waals surface area contributed by atoms with Crippen LogP contribution in [0.1, 0.15) is 64.5 Å². The van der Waals surface area contributed by atoms with Gasteiger partial charge in [-0.3, -0.25) is 4.79 Å². The van der Waals surface area contributed by atoms with Gasteiger partial charge in [-0.05, 0) is 65.3 Å². The van der Waals surface area contributed by atoms with Gasteiger partial charge in [-0.1, -0.05) is 68.6 Å². The molecule has 4 heteroatoms. The maximum absolute atomic E-state index is 13.0. The fraction of sp³-hybridized carbons (Fsp3) is 0.480. The zero-order valence-corrected chi connectivity index (χ0v) is 19.4. The number of amides is 1. The average Bonchev–Trinajstić information content (AvgIpc) is 3.20. The van der Waals surface area contributed by atoms with E-state index in [4.69, 9.17) is 0 Å². The number of rotatable bonds is 5. The topological polar surface area (TPSA) is 41.1 Å². The quantitative estimate of drug-likeness (QED) is 0.560. The van der Waals surface area contributed by atoms with Gasteiger partial charge in [-0.25, -0.2) is 0 Å². The standard InChI is InChI=1S/C25H31BrN2O/c1-5-7-22-15(6-2)12-23(28-22)24(29)27-17-9-11-19-18-10-8-16(26)13-20(18)25(3,4)21(19)14-17/h8-11,13-15,22-23,28H,5-7,12H2,1-4H3,(H,27,29). The van der Waals surface area contributed by atoms with E-state index >= 15 is 0 Å². The van der Waals surface area contributed by atoms with Gasteiger partial charge < -0.3 is 10.6 Å². The number of carbonyl (C=O) groups excluding carboxylic acids is 1. The summed E-state index contributed by atoms with van der Waals surface area (Å²) in [6.07, 6.45) is 4.35. The van der Waals surface area contributed by atoms with Crippen LogP contribution in [-0.2, 0) is 10.2 Å². The fourth-order valence-corrected chi connectivity index (χ4v) is 5.57. The van der Waals surface area contributed by atoms with Gasteiger partial charge in [0.05, 0.1) is 6.04 Å². The zero-order valence-electron chi connectivity index (χ0n) is 17.8. The van der Waals surface area contributed by atoms with Crippen molar-refractivity contribution >= 4 is 27.5 Å². The third-order valence-corrected chi connectivity index (χ3v) is 7.36. The van der Waals surface area contributed by atoms with E-state index in [-0.39, 0.29) is 17.4 Å². The third kappa shape index (κ3) is 3.66. The van der Waals surface area contributed by atoms with Gasteiger partial charge in [0.2, 0.25) is 5.91 Å². The number of nitrogens with one attached hydrogen (secondary N) is 2. The van der Waals surface area contributed by atoms with Crippen molar-refractivity contribution in [1.82, 2.24) is 5.32 Å². The summed E-state index contributed by atoms with van der Waals surface area (Å²) in [4.78, 5) is 13.0. The molecule has 4 rings (SSSR count). The van der Waals surface area contributed by atoms with Crippen molar-refractivity contribution in [3.63, 3.8) is 0 Å². The van der Waals surface area contributed by atoms with Crippen LogP contribution in [0, 0.1) is 5.92 Å². The van der Waals surface area contributed by atoms with E-state index in [9.17, 15) is 4.79 Å². The molecule has 0 spiro atoms. The molecule has 2 N–H and O–H groups in total. The molecule has 1 aliphatic carbocycles. The van der Waals surface area contributed by atoms with Crippen LogP contribution in [0.2, 0.25) is 0 Å². The number of halogens is 1. The van der Waals surface area contributed by atoms with Gasteiger partial charge >= 0.3 is 0 Å². The molecule has 2 aromatic carbocycles. The van der Waals surface area contributed by atoms with E-state index in [0.717, 1.165) is 35.8 Å². The van der Waals surface area contributed by atoms with E-state index in [2.05, 4.69) is 84.6 Å². The van der Waals surface area contributed by atoms with Crippen LogP contribution in [0.5, 0.6) is 0 Å². The van der Waals surface area contributed by atoms with Crippen molar-refractivity contribution in [3.8, 4) is 11.1 Å². The summed E-state index contributed by atoms with van der Waals surface area (Å²) in [5, 5.41) is 6.77. The van der Waals surface area contributed by atoms with Gasteiger partial charge in [0.1, 0.15) is 0 Å². The Bertz CT molecular complexity index is 936. The lowest BCUT2D eigenvalue weighted by atomic mass is 9.82. The van der Waals surface area contributed by atoms with Gasteiger partial charge in [0, 0.05) is 21.6 Å². The number of fused-ring (bicyclic) bond motifs is 3. The minimum atomic E-state index is -0.0917. The molecule has 3 unspecified atom stereocenters. The number of carbonyl (C=O) groups is 1. The van der Waals surface area contributed by atoms with E-state index in [1.54, 1.807) is 0 Å². The number of hydrogen-bond donors (Lipinski definition) is 2. The van der Waals surface area contributed by atoms with Crippen molar-refractivity contribution in [2.45, 2.75) is 70.9 Å². The maximum Gasteiger partial charge on any atom is 0.241 e. The summed E-state index contributed by atoms with van der Waals surface area (Å²) in [7, 11) is 0. The van der Waals surface area contributed by atoms with Gasteiger partial charge in [0.25, 0.3) is 0 Å². The molecule has 0 radical (unpaired) electrons. The van der Waals surface area contributed by atoms with Crippen LogP contribution in [0.3, 0.4) is 0 Å². The number of hydrogen-bond acceptors (Lipinski definition) is 2. The molecule has 1 amide bonds. The molecule has 1 fully saturated rings. The van der Waals surface area contributed by atoms with E-state index in [1.807, 2.05) is 6.07 Å². The zero-order chi connectivity index (χ0) is 20.8. The SMILES string of the molecule is CCCC1NC(C(=O)Nc2ccc3c(c2)C(C)(C)c2cc(Br)ccc2-3)CC1CC.